The van der Waals surface area contributed by atoms with Gasteiger partial charge >= 0.3 is 5.97 Å². The van der Waals surface area contributed by atoms with Crippen LogP contribution in [-0.4, -0.2) is 28.2 Å². The highest BCUT2D eigenvalue weighted by Crippen LogP contribution is 2.35. The van der Waals surface area contributed by atoms with Gasteiger partial charge in [-0.3, -0.25) is 4.79 Å². The average Bonchev–Trinajstić information content (AvgIpc) is 3.09. The Hall–Kier alpha value is -3.13. The summed E-state index contributed by atoms with van der Waals surface area (Å²) in [6, 6.07) is 4.73. The molecule has 7 nitrogen and oxygen atoms in total. The number of phenols is 1. The number of aromatic hydroxyl groups is 1. The maximum absolute atomic E-state index is 12.6. The van der Waals surface area contributed by atoms with Crippen molar-refractivity contribution in [3.63, 3.8) is 0 Å². The number of esters is 1. The van der Waals surface area contributed by atoms with Gasteiger partial charge in [-0.25, -0.2) is 9.78 Å². The van der Waals surface area contributed by atoms with E-state index in [0.29, 0.717) is 33.3 Å². The van der Waals surface area contributed by atoms with E-state index in [9.17, 15) is 14.7 Å². The number of aromatic amines is 1. The zero-order valence-electron chi connectivity index (χ0n) is 16.7. The zero-order valence-corrected chi connectivity index (χ0v) is 17.5. The number of fused-ring (bicyclic) bond motifs is 3. The highest BCUT2D eigenvalue weighted by atomic mass is 32.1. The van der Waals surface area contributed by atoms with Crippen LogP contribution >= 0.6 is 11.3 Å². The zero-order chi connectivity index (χ0) is 21.3. The lowest BCUT2D eigenvalue weighted by molar-refractivity contribution is -0.139. The fourth-order valence-electron chi connectivity index (χ4n) is 3.61. The van der Waals surface area contributed by atoms with Gasteiger partial charge in [0.1, 0.15) is 17.3 Å². The normalized spacial score (nSPS) is 16.0. The molecule has 0 radical (unpaired) electrons. The Morgan fingerprint density at radius 3 is 3.07 bits per heavy atom. The Bertz CT molecular complexity index is 1190. The maximum atomic E-state index is 12.6. The van der Waals surface area contributed by atoms with Crippen molar-refractivity contribution < 1.29 is 19.4 Å². The molecule has 30 heavy (non-hydrogen) atoms. The number of hydrogen-bond acceptors (Lipinski definition) is 7. The van der Waals surface area contributed by atoms with Crippen LogP contribution in [0.15, 0.2) is 29.1 Å². The van der Waals surface area contributed by atoms with Gasteiger partial charge in [-0.1, -0.05) is 13.0 Å². The van der Waals surface area contributed by atoms with Crippen LogP contribution in [0.3, 0.4) is 0 Å². The molecule has 0 unspecified atom stereocenters. The second-order valence-electron chi connectivity index (χ2n) is 7.42. The summed E-state index contributed by atoms with van der Waals surface area (Å²) >= 11 is 1.56. The second kappa shape index (κ2) is 8.31. The topological polar surface area (TPSA) is 102 Å². The van der Waals surface area contributed by atoms with E-state index in [2.05, 4.69) is 16.9 Å². The first-order valence-corrected chi connectivity index (χ1v) is 10.5. The molecule has 0 spiro atoms. The summed E-state index contributed by atoms with van der Waals surface area (Å²) < 4.78 is 10.3. The van der Waals surface area contributed by atoms with E-state index in [0.717, 1.165) is 24.8 Å². The third-order valence-electron chi connectivity index (χ3n) is 5.18. The van der Waals surface area contributed by atoms with Gasteiger partial charge in [0.2, 0.25) is 0 Å². The van der Waals surface area contributed by atoms with Crippen LogP contribution in [0.2, 0.25) is 0 Å². The number of H-pyrrole nitrogens is 1. The van der Waals surface area contributed by atoms with Crippen LogP contribution in [-0.2, 0) is 29.0 Å². The standard InChI is InChI=1S/C22H22N2O5S/c1-12-3-6-14-17(9-12)30-22-20(14)21(27)23-18(24-22)11-29-19(26)8-5-13-4-7-15(25)16(10-13)28-2/h4-5,7-8,10,12,25H,3,6,9,11H2,1-2H3,(H,23,24,27)/b8-5+/t12-/m0/s1. The number of benzene rings is 1. The van der Waals surface area contributed by atoms with Gasteiger partial charge in [-0.15, -0.1) is 11.3 Å². The molecular weight excluding hydrogens is 404 g/mol. The minimum atomic E-state index is -0.566. The average molecular weight is 426 g/mol. The van der Waals surface area contributed by atoms with Crippen molar-refractivity contribution in [1.29, 1.82) is 0 Å². The molecule has 1 aromatic carbocycles. The molecule has 2 N–H and O–H groups in total. The lowest BCUT2D eigenvalue weighted by Gasteiger charge is -2.17. The van der Waals surface area contributed by atoms with Crippen molar-refractivity contribution in [2.45, 2.75) is 32.8 Å². The number of rotatable bonds is 5. The van der Waals surface area contributed by atoms with Crippen LogP contribution in [0.4, 0.5) is 0 Å². The van der Waals surface area contributed by atoms with Crippen LogP contribution in [0.5, 0.6) is 11.5 Å². The second-order valence-corrected chi connectivity index (χ2v) is 8.50. The molecule has 2 heterocycles. The SMILES string of the molecule is COc1cc(/C=C/C(=O)OCc2nc3sc4c(c3c(=O)[nH]2)CC[C@H](C)C4)ccc1O. The maximum Gasteiger partial charge on any atom is 0.331 e. The number of nitrogens with zero attached hydrogens (tertiary/aromatic N) is 1. The number of hydrogen-bond donors (Lipinski definition) is 2. The molecule has 4 rings (SSSR count). The third-order valence-corrected chi connectivity index (χ3v) is 6.33. The van der Waals surface area contributed by atoms with Crippen molar-refractivity contribution in [1.82, 2.24) is 9.97 Å². The molecule has 156 valence electrons. The smallest absolute Gasteiger partial charge is 0.331 e. The molecule has 1 atom stereocenters. The summed E-state index contributed by atoms with van der Waals surface area (Å²) in [5.41, 5.74) is 1.62. The largest absolute Gasteiger partial charge is 0.504 e. The van der Waals surface area contributed by atoms with Gasteiger partial charge < -0.3 is 19.6 Å². The van der Waals surface area contributed by atoms with Gasteiger partial charge in [0.05, 0.1) is 12.5 Å². The van der Waals surface area contributed by atoms with Gasteiger partial charge in [0.25, 0.3) is 5.56 Å². The number of nitrogens with one attached hydrogen (secondary N) is 1. The van der Waals surface area contributed by atoms with E-state index in [4.69, 9.17) is 9.47 Å². The summed E-state index contributed by atoms with van der Waals surface area (Å²) in [7, 11) is 1.45. The summed E-state index contributed by atoms with van der Waals surface area (Å²) in [6.45, 7) is 2.10. The van der Waals surface area contributed by atoms with Crippen LogP contribution in [0, 0.1) is 5.92 Å². The molecule has 3 aromatic rings. The van der Waals surface area contributed by atoms with Gasteiger partial charge in [0.15, 0.2) is 11.5 Å². The Labute approximate surface area is 177 Å². The molecule has 0 bridgehead atoms. The van der Waals surface area contributed by atoms with E-state index in [1.165, 1.54) is 24.1 Å². The van der Waals surface area contributed by atoms with Gasteiger partial charge in [-0.2, -0.15) is 0 Å². The highest BCUT2D eigenvalue weighted by molar-refractivity contribution is 7.18. The molecule has 8 heteroatoms. The first-order valence-electron chi connectivity index (χ1n) is 9.70. The quantitative estimate of drug-likeness (QED) is 0.478. The lowest BCUT2D eigenvalue weighted by Crippen LogP contribution is -2.15. The molecule has 1 aliphatic rings. The Morgan fingerprint density at radius 1 is 1.43 bits per heavy atom. The molecule has 0 saturated heterocycles. The molecule has 0 saturated carbocycles. The van der Waals surface area contributed by atoms with Crippen LogP contribution in [0.1, 0.15) is 35.2 Å². The Balaban J connectivity index is 1.46. The Morgan fingerprint density at radius 2 is 2.27 bits per heavy atom. The van der Waals surface area contributed by atoms with E-state index >= 15 is 0 Å². The highest BCUT2D eigenvalue weighted by Gasteiger charge is 2.23. The van der Waals surface area contributed by atoms with Crippen molar-refractivity contribution in [3.8, 4) is 11.5 Å². The number of carbonyl (C=O) groups is 1. The van der Waals surface area contributed by atoms with Crippen LogP contribution in [0.25, 0.3) is 16.3 Å². The minimum absolute atomic E-state index is 0.0207. The molecule has 1 aliphatic carbocycles. The van der Waals surface area contributed by atoms with E-state index in [1.54, 1.807) is 29.5 Å². The predicted octanol–water partition coefficient (Wildman–Crippen LogP) is 3.58. The van der Waals surface area contributed by atoms with E-state index < -0.39 is 5.97 Å². The number of aromatic nitrogens is 2. The number of methoxy groups -OCH3 is 1. The van der Waals surface area contributed by atoms with Crippen molar-refractivity contribution in [2.75, 3.05) is 7.11 Å². The Kier molecular flexibility index (Phi) is 5.59. The summed E-state index contributed by atoms with van der Waals surface area (Å²) in [5.74, 6) is 0.711. The van der Waals surface area contributed by atoms with Gasteiger partial charge in [0, 0.05) is 11.0 Å². The van der Waals surface area contributed by atoms with E-state index in [-0.39, 0.29) is 17.9 Å². The monoisotopic (exact) mass is 426 g/mol. The number of aryl methyl sites for hydroxylation is 1. The fourth-order valence-corrected chi connectivity index (χ4v) is 5.01. The van der Waals surface area contributed by atoms with Crippen LogP contribution < -0.4 is 10.3 Å². The molecule has 0 fully saturated rings. The predicted molar refractivity (Wildman–Crippen MR) is 115 cm³/mol. The first-order chi connectivity index (χ1) is 14.4. The van der Waals surface area contributed by atoms with Crippen molar-refractivity contribution in [2.24, 2.45) is 5.92 Å². The third kappa shape index (κ3) is 4.09. The number of thiophene rings is 1. The minimum Gasteiger partial charge on any atom is -0.504 e. The number of ether oxygens (including phenoxy) is 2. The lowest BCUT2D eigenvalue weighted by atomic mass is 9.89. The number of phenolic OH excluding ortho intramolecular Hbond substituents is 1. The summed E-state index contributed by atoms with van der Waals surface area (Å²) in [6.07, 6.45) is 5.79. The fraction of sp³-hybridized carbons (Fsp3) is 0.318. The summed E-state index contributed by atoms with van der Waals surface area (Å²) in [5, 5.41) is 10.3. The molecule has 2 aromatic heterocycles. The summed E-state index contributed by atoms with van der Waals surface area (Å²) in [4.78, 5) is 33.8. The van der Waals surface area contributed by atoms with Gasteiger partial charge in [-0.05, 0) is 54.5 Å². The van der Waals surface area contributed by atoms with E-state index in [1.807, 2.05) is 0 Å². The van der Waals surface area contributed by atoms with Crippen molar-refractivity contribution in [3.05, 3.63) is 56.5 Å². The number of carbonyl (C=O) groups excluding carboxylic acids is 1. The molecule has 0 aliphatic heterocycles. The molecule has 0 amide bonds. The first kappa shape index (κ1) is 20.2. The van der Waals surface area contributed by atoms with Crippen molar-refractivity contribution >= 4 is 33.6 Å². The molecular formula is C22H22N2O5S.